The fourth-order valence-corrected chi connectivity index (χ4v) is 5.39. The van der Waals surface area contributed by atoms with Gasteiger partial charge in [0.2, 0.25) is 0 Å². The number of hydrogen-bond donors (Lipinski definition) is 0. The van der Waals surface area contributed by atoms with Gasteiger partial charge in [0.15, 0.2) is 0 Å². The summed E-state index contributed by atoms with van der Waals surface area (Å²) in [5.74, 6) is -0.554. The third-order valence-electron chi connectivity index (χ3n) is 5.66. The summed E-state index contributed by atoms with van der Waals surface area (Å²) in [5, 5.41) is 3.38. The number of rotatable bonds is 2. The highest BCUT2D eigenvalue weighted by Crippen LogP contribution is 2.47. The fraction of sp³-hybridized carbons (Fsp3) is 0.261. The van der Waals surface area contributed by atoms with E-state index in [-0.39, 0.29) is 30.0 Å². The molecule has 1 aliphatic carbocycles. The smallest absolute Gasteiger partial charge is 0.147 e. The maximum absolute atomic E-state index is 13.6. The number of carbonyl (C=O) groups is 1. The topological polar surface area (TPSA) is 26.3 Å². The summed E-state index contributed by atoms with van der Waals surface area (Å²) in [7, 11) is 0. The third-order valence-corrected chi connectivity index (χ3v) is 6.63. The van der Waals surface area contributed by atoms with E-state index in [0.717, 1.165) is 16.7 Å². The van der Waals surface area contributed by atoms with Gasteiger partial charge in [0.25, 0.3) is 0 Å². The number of halogens is 1. The van der Waals surface area contributed by atoms with Crippen LogP contribution in [-0.2, 0) is 16.0 Å². The largest absolute Gasteiger partial charge is 0.362 e. The van der Waals surface area contributed by atoms with Crippen LogP contribution in [0.25, 0.3) is 15.7 Å². The Hall–Kier alpha value is -2.30. The minimum atomic E-state index is -0.489. The summed E-state index contributed by atoms with van der Waals surface area (Å²) in [6.07, 6.45) is 2.06. The van der Waals surface area contributed by atoms with Gasteiger partial charge in [0.1, 0.15) is 11.6 Å². The zero-order valence-corrected chi connectivity index (χ0v) is 16.0. The number of fused-ring (bicyclic) bond motifs is 2. The number of Topliss-reactive ketones (excluding diaryl/α,β-unsaturated/α-hetero) is 1. The first-order chi connectivity index (χ1) is 12.9. The monoisotopic (exact) mass is 378 g/mol. The van der Waals surface area contributed by atoms with Crippen LogP contribution in [0.3, 0.4) is 0 Å². The summed E-state index contributed by atoms with van der Waals surface area (Å²) in [4.78, 5) is 12.7. The van der Waals surface area contributed by atoms with E-state index < -0.39 is 5.60 Å². The average Bonchev–Trinajstić information content (AvgIpc) is 3.26. The number of hydrogen-bond acceptors (Lipinski definition) is 3. The van der Waals surface area contributed by atoms with Crippen LogP contribution in [0.1, 0.15) is 36.5 Å². The van der Waals surface area contributed by atoms with Gasteiger partial charge in [-0.1, -0.05) is 24.3 Å². The molecule has 0 saturated heterocycles. The van der Waals surface area contributed by atoms with Crippen LogP contribution in [0.15, 0.2) is 53.9 Å². The molecular weight excluding hydrogens is 359 g/mol. The first-order valence-corrected chi connectivity index (χ1v) is 10.00. The lowest BCUT2D eigenvalue weighted by Gasteiger charge is -2.26. The van der Waals surface area contributed by atoms with Crippen molar-refractivity contribution in [2.75, 3.05) is 0 Å². The minimum absolute atomic E-state index is 0.101. The van der Waals surface area contributed by atoms with Gasteiger partial charge in [-0.2, -0.15) is 0 Å². The zero-order chi connectivity index (χ0) is 18.8. The maximum Gasteiger partial charge on any atom is 0.147 e. The molecule has 0 fully saturated rings. The van der Waals surface area contributed by atoms with Gasteiger partial charge in [-0.3, -0.25) is 4.79 Å². The standard InChI is InChI=1S/C23H19FO2S/c1-23(2)18(17-12-27-21-6-4-3-5-16(17)21)11-20(26-23)22-15-8-7-14(24)9-13(15)10-19(22)25/h3-9,11-12,20,22H,10H2,1-2H3. The Kier molecular flexibility index (Phi) is 3.65. The molecule has 5 rings (SSSR count). The molecular formula is C23H19FO2S. The van der Waals surface area contributed by atoms with Crippen molar-refractivity contribution in [3.8, 4) is 0 Å². The number of carbonyl (C=O) groups excluding carboxylic acids is 1. The molecule has 2 atom stereocenters. The van der Waals surface area contributed by atoms with E-state index >= 15 is 0 Å². The minimum Gasteiger partial charge on any atom is -0.362 e. The van der Waals surface area contributed by atoms with E-state index in [1.807, 2.05) is 12.1 Å². The molecule has 0 amide bonds. The fourth-order valence-electron chi connectivity index (χ4n) is 4.43. The van der Waals surface area contributed by atoms with Gasteiger partial charge >= 0.3 is 0 Å². The van der Waals surface area contributed by atoms with E-state index in [0.29, 0.717) is 0 Å². The molecule has 2 nitrogen and oxygen atoms in total. The molecule has 27 heavy (non-hydrogen) atoms. The van der Waals surface area contributed by atoms with Gasteiger partial charge in [-0.25, -0.2) is 4.39 Å². The second-order valence-corrected chi connectivity index (χ2v) is 8.69. The summed E-state index contributed by atoms with van der Waals surface area (Å²) in [5.41, 5.74) is 3.49. The van der Waals surface area contributed by atoms with Crippen molar-refractivity contribution in [1.82, 2.24) is 0 Å². The van der Waals surface area contributed by atoms with Crippen LogP contribution in [0, 0.1) is 5.82 Å². The molecule has 3 aromatic rings. The van der Waals surface area contributed by atoms with Gasteiger partial charge in [0.05, 0.1) is 17.6 Å². The lowest BCUT2D eigenvalue weighted by molar-refractivity contribution is -0.122. The second-order valence-electron chi connectivity index (χ2n) is 7.78. The van der Waals surface area contributed by atoms with Crippen LogP contribution < -0.4 is 0 Å². The first-order valence-electron chi connectivity index (χ1n) is 9.12. The molecule has 136 valence electrons. The number of thiophene rings is 1. The van der Waals surface area contributed by atoms with E-state index in [4.69, 9.17) is 4.74 Å². The Morgan fingerprint density at radius 2 is 2.00 bits per heavy atom. The molecule has 0 N–H and O–H groups in total. The van der Waals surface area contributed by atoms with Gasteiger partial charge < -0.3 is 4.74 Å². The van der Waals surface area contributed by atoms with Crippen molar-refractivity contribution in [2.45, 2.75) is 37.9 Å². The van der Waals surface area contributed by atoms with Crippen LogP contribution in [0.5, 0.6) is 0 Å². The van der Waals surface area contributed by atoms with Gasteiger partial charge in [-0.05, 0) is 65.8 Å². The average molecular weight is 378 g/mol. The highest BCUT2D eigenvalue weighted by atomic mass is 32.1. The SMILES string of the molecule is CC1(C)OC(C2C(=O)Cc3cc(F)ccc32)C=C1c1csc2ccccc12. The zero-order valence-electron chi connectivity index (χ0n) is 15.2. The second kappa shape index (κ2) is 5.85. The van der Waals surface area contributed by atoms with Crippen LogP contribution in [0.2, 0.25) is 0 Å². The van der Waals surface area contributed by atoms with E-state index in [1.165, 1.54) is 27.8 Å². The Morgan fingerprint density at radius 3 is 2.85 bits per heavy atom. The Bertz CT molecular complexity index is 1110. The van der Waals surface area contributed by atoms with Crippen molar-refractivity contribution >= 4 is 32.8 Å². The highest BCUT2D eigenvalue weighted by molar-refractivity contribution is 7.17. The van der Waals surface area contributed by atoms with E-state index in [1.54, 1.807) is 17.4 Å². The lowest BCUT2D eigenvalue weighted by Crippen LogP contribution is -2.29. The third kappa shape index (κ3) is 2.59. The van der Waals surface area contributed by atoms with Gasteiger partial charge in [0, 0.05) is 16.5 Å². The van der Waals surface area contributed by atoms with E-state index in [2.05, 4.69) is 37.4 Å². The molecule has 0 saturated carbocycles. The summed E-state index contributed by atoms with van der Waals surface area (Å²) < 4.78 is 21.2. The number of benzene rings is 2. The van der Waals surface area contributed by atoms with Crippen LogP contribution in [0.4, 0.5) is 4.39 Å². The van der Waals surface area contributed by atoms with Crippen molar-refractivity contribution in [2.24, 2.45) is 0 Å². The van der Waals surface area contributed by atoms with E-state index in [9.17, 15) is 9.18 Å². The molecule has 0 spiro atoms. The first kappa shape index (κ1) is 16.8. The summed E-state index contributed by atoms with van der Waals surface area (Å²) >= 11 is 1.72. The Morgan fingerprint density at radius 1 is 1.19 bits per heavy atom. The Balaban J connectivity index is 1.59. The molecule has 0 bridgehead atoms. The van der Waals surface area contributed by atoms with Crippen molar-refractivity contribution in [3.05, 3.63) is 76.4 Å². The molecule has 1 aliphatic heterocycles. The van der Waals surface area contributed by atoms with Crippen molar-refractivity contribution in [1.29, 1.82) is 0 Å². The molecule has 2 aromatic carbocycles. The number of ether oxygens (including phenoxy) is 1. The summed E-state index contributed by atoms with van der Waals surface area (Å²) in [6.45, 7) is 4.10. The molecule has 0 radical (unpaired) electrons. The Labute approximate surface area is 161 Å². The van der Waals surface area contributed by atoms with Crippen LogP contribution in [-0.4, -0.2) is 17.5 Å². The molecule has 1 aromatic heterocycles. The molecule has 4 heteroatoms. The lowest BCUT2D eigenvalue weighted by atomic mass is 9.90. The molecule has 2 unspecified atom stereocenters. The van der Waals surface area contributed by atoms with Crippen molar-refractivity contribution < 1.29 is 13.9 Å². The quantitative estimate of drug-likeness (QED) is 0.588. The summed E-state index contributed by atoms with van der Waals surface area (Å²) in [6, 6.07) is 13.0. The normalized spacial score (nSPS) is 23.7. The predicted molar refractivity (Wildman–Crippen MR) is 107 cm³/mol. The molecule has 2 heterocycles. The number of ketones is 1. The van der Waals surface area contributed by atoms with Crippen LogP contribution >= 0.6 is 11.3 Å². The highest BCUT2D eigenvalue weighted by Gasteiger charge is 2.44. The molecule has 2 aliphatic rings. The van der Waals surface area contributed by atoms with Gasteiger partial charge in [-0.15, -0.1) is 11.3 Å². The predicted octanol–water partition coefficient (Wildman–Crippen LogP) is 5.51. The maximum atomic E-state index is 13.6. The van der Waals surface area contributed by atoms with Crippen molar-refractivity contribution in [3.63, 3.8) is 0 Å².